The minimum atomic E-state index is -3.70. The van der Waals surface area contributed by atoms with Crippen LogP contribution in [-0.4, -0.2) is 71.8 Å². The second-order valence-corrected chi connectivity index (χ2v) is 12.4. The summed E-state index contributed by atoms with van der Waals surface area (Å²) in [5.74, 6) is -0.958. The quantitative estimate of drug-likeness (QED) is 0.579. The van der Waals surface area contributed by atoms with Crippen LogP contribution in [0.25, 0.3) is 0 Å². The monoisotopic (exact) mass is 515 g/mol. The molecule has 12 heteroatoms. The molecule has 3 heterocycles. The molecule has 4 rings (SSSR count). The minimum Gasteiger partial charge on any atom is -0.454 e. The molecule has 3 fully saturated rings. The number of halogens is 1. The van der Waals surface area contributed by atoms with Gasteiger partial charge in [0, 0.05) is 25.3 Å². The zero-order valence-corrected chi connectivity index (χ0v) is 20.6. The van der Waals surface area contributed by atoms with E-state index in [-0.39, 0.29) is 21.5 Å². The summed E-state index contributed by atoms with van der Waals surface area (Å²) in [7, 11) is -3.70. The SMILES string of the molecule is C[C@]12CCC(=O)N1[C@H](C(=O)OCC(=O)Nc1cc(S(=O)(=O)N3CCCCC3)ccc1Cl)CS2. The maximum absolute atomic E-state index is 12.9. The van der Waals surface area contributed by atoms with Gasteiger partial charge < -0.3 is 15.0 Å². The standard InChI is InChI=1S/C21H26ClN3O6S2/c1-21-8-7-19(27)25(21)17(13-32-21)20(28)31-12-18(26)23-16-11-14(5-6-15(16)22)33(29,30)24-9-3-2-4-10-24/h5-6,11,17H,2-4,7-10,12-13H2,1H3,(H,23,26)/t17-,21-/m0/s1. The molecule has 3 aliphatic rings. The van der Waals surface area contributed by atoms with Crippen molar-refractivity contribution < 1.29 is 27.5 Å². The number of esters is 1. The predicted molar refractivity (Wildman–Crippen MR) is 124 cm³/mol. The highest BCUT2D eigenvalue weighted by Gasteiger charge is 2.53. The zero-order chi connectivity index (χ0) is 23.8. The highest BCUT2D eigenvalue weighted by molar-refractivity contribution is 8.01. The Kier molecular flexibility index (Phi) is 6.95. The fourth-order valence-electron chi connectivity index (χ4n) is 4.43. The van der Waals surface area contributed by atoms with Gasteiger partial charge in [-0.1, -0.05) is 18.0 Å². The van der Waals surface area contributed by atoms with Crippen molar-refractivity contribution in [2.75, 3.05) is 30.8 Å². The van der Waals surface area contributed by atoms with Gasteiger partial charge in [-0.3, -0.25) is 9.59 Å². The molecule has 0 radical (unpaired) electrons. The Morgan fingerprint density at radius 1 is 1.27 bits per heavy atom. The van der Waals surface area contributed by atoms with Crippen molar-refractivity contribution in [3.63, 3.8) is 0 Å². The van der Waals surface area contributed by atoms with E-state index in [1.54, 1.807) is 4.90 Å². The maximum Gasteiger partial charge on any atom is 0.330 e. The lowest BCUT2D eigenvalue weighted by Crippen LogP contribution is -2.47. The fourth-order valence-corrected chi connectivity index (χ4v) is 7.55. The molecule has 0 bridgehead atoms. The van der Waals surface area contributed by atoms with Crippen LogP contribution in [-0.2, 0) is 29.1 Å². The number of anilines is 1. The number of nitrogens with one attached hydrogen (secondary N) is 1. The Bertz CT molecular complexity index is 1080. The smallest absolute Gasteiger partial charge is 0.330 e. The number of hydrogen-bond donors (Lipinski definition) is 1. The minimum absolute atomic E-state index is 0.0379. The molecule has 9 nitrogen and oxygen atoms in total. The Morgan fingerprint density at radius 2 is 2.00 bits per heavy atom. The first-order chi connectivity index (χ1) is 15.6. The van der Waals surface area contributed by atoms with Crippen molar-refractivity contribution in [2.45, 2.75) is 54.8 Å². The molecule has 1 aromatic carbocycles. The highest BCUT2D eigenvalue weighted by Crippen LogP contribution is 2.47. The van der Waals surface area contributed by atoms with Crippen LogP contribution in [0, 0.1) is 0 Å². The normalized spacial score (nSPS) is 25.7. The Balaban J connectivity index is 1.38. The number of amides is 2. The van der Waals surface area contributed by atoms with Crippen molar-refractivity contribution in [1.29, 1.82) is 0 Å². The van der Waals surface area contributed by atoms with Gasteiger partial charge in [0.05, 0.1) is 20.5 Å². The van der Waals surface area contributed by atoms with E-state index in [9.17, 15) is 22.8 Å². The molecule has 1 aromatic rings. The summed E-state index contributed by atoms with van der Waals surface area (Å²) >= 11 is 7.69. The molecule has 3 aliphatic heterocycles. The van der Waals surface area contributed by atoms with E-state index in [0.717, 1.165) is 19.3 Å². The van der Waals surface area contributed by atoms with Gasteiger partial charge in [-0.05, 0) is 44.4 Å². The molecule has 3 saturated heterocycles. The van der Waals surface area contributed by atoms with Crippen molar-refractivity contribution in [1.82, 2.24) is 9.21 Å². The summed E-state index contributed by atoms with van der Waals surface area (Å²) in [5.41, 5.74) is 0.120. The molecule has 0 saturated carbocycles. The summed E-state index contributed by atoms with van der Waals surface area (Å²) in [4.78, 5) is 38.3. The second kappa shape index (κ2) is 9.44. The number of carbonyl (C=O) groups excluding carboxylic acids is 3. The largest absolute Gasteiger partial charge is 0.454 e. The molecule has 180 valence electrons. The summed E-state index contributed by atoms with van der Waals surface area (Å²) in [6, 6.07) is 3.41. The summed E-state index contributed by atoms with van der Waals surface area (Å²) in [5, 5.41) is 2.68. The highest BCUT2D eigenvalue weighted by atomic mass is 35.5. The number of fused-ring (bicyclic) bond motifs is 1. The lowest BCUT2D eigenvalue weighted by molar-refractivity contribution is -0.155. The van der Waals surface area contributed by atoms with E-state index >= 15 is 0 Å². The van der Waals surface area contributed by atoms with E-state index in [0.29, 0.717) is 31.7 Å². The van der Waals surface area contributed by atoms with E-state index in [1.165, 1.54) is 34.3 Å². The molecular formula is C21H26ClN3O6S2. The molecule has 1 N–H and O–H groups in total. The van der Waals surface area contributed by atoms with Gasteiger partial charge in [-0.15, -0.1) is 11.8 Å². The average molecular weight is 516 g/mol. The number of thioether (sulfide) groups is 1. The van der Waals surface area contributed by atoms with Crippen LogP contribution in [0.15, 0.2) is 23.1 Å². The van der Waals surface area contributed by atoms with Gasteiger partial charge in [0.25, 0.3) is 5.91 Å². The number of ether oxygens (including phenoxy) is 1. The third-order valence-electron chi connectivity index (χ3n) is 6.23. The zero-order valence-electron chi connectivity index (χ0n) is 18.2. The number of rotatable bonds is 6. The molecule has 0 aliphatic carbocycles. The van der Waals surface area contributed by atoms with Crippen molar-refractivity contribution >= 4 is 56.9 Å². The molecule has 0 unspecified atom stereocenters. The molecule has 0 aromatic heterocycles. The van der Waals surface area contributed by atoms with Gasteiger partial charge in [-0.2, -0.15) is 4.31 Å². The first-order valence-corrected chi connectivity index (χ1v) is 13.6. The first kappa shape index (κ1) is 24.3. The van der Waals surface area contributed by atoms with Crippen LogP contribution < -0.4 is 5.32 Å². The lowest BCUT2D eigenvalue weighted by atomic mass is 10.2. The van der Waals surface area contributed by atoms with E-state index in [1.807, 2.05) is 6.92 Å². The van der Waals surface area contributed by atoms with Crippen LogP contribution >= 0.6 is 23.4 Å². The number of carbonyl (C=O) groups is 3. The lowest BCUT2D eigenvalue weighted by Gasteiger charge is -2.29. The Hall–Kier alpha value is -1.82. The van der Waals surface area contributed by atoms with Crippen molar-refractivity contribution in [2.24, 2.45) is 0 Å². The van der Waals surface area contributed by atoms with Crippen LogP contribution in [0.4, 0.5) is 5.69 Å². The van der Waals surface area contributed by atoms with Gasteiger partial charge in [0.15, 0.2) is 6.61 Å². The first-order valence-electron chi connectivity index (χ1n) is 10.8. The number of benzene rings is 1. The molecule has 0 spiro atoms. The van der Waals surface area contributed by atoms with Crippen LogP contribution in [0.2, 0.25) is 5.02 Å². The van der Waals surface area contributed by atoms with Gasteiger partial charge in [-0.25, -0.2) is 13.2 Å². The number of piperidine rings is 1. The average Bonchev–Trinajstić information content (AvgIpc) is 3.29. The van der Waals surface area contributed by atoms with Gasteiger partial charge in [0.1, 0.15) is 6.04 Å². The van der Waals surface area contributed by atoms with E-state index in [2.05, 4.69) is 5.32 Å². The molecule has 33 heavy (non-hydrogen) atoms. The second-order valence-electron chi connectivity index (χ2n) is 8.53. The summed E-state index contributed by atoms with van der Waals surface area (Å²) in [6.07, 6.45) is 3.68. The van der Waals surface area contributed by atoms with Crippen LogP contribution in [0.3, 0.4) is 0 Å². The van der Waals surface area contributed by atoms with Gasteiger partial charge >= 0.3 is 5.97 Å². The maximum atomic E-state index is 12.9. The van der Waals surface area contributed by atoms with Gasteiger partial charge in [0.2, 0.25) is 15.9 Å². The molecule has 2 atom stereocenters. The number of sulfonamides is 1. The molecule has 2 amide bonds. The topological polar surface area (TPSA) is 113 Å². The summed E-state index contributed by atoms with van der Waals surface area (Å²) < 4.78 is 32.4. The van der Waals surface area contributed by atoms with Crippen molar-refractivity contribution in [3.8, 4) is 0 Å². The third-order valence-corrected chi connectivity index (χ3v) is 9.96. The Morgan fingerprint density at radius 3 is 2.73 bits per heavy atom. The number of hydrogen-bond acceptors (Lipinski definition) is 7. The van der Waals surface area contributed by atoms with Crippen LogP contribution in [0.5, 0.6) is 0 Å². The summed E-state index contributed by atoms with van der Waals surface area (Å²) in [6.45, 7) is 2.27. The van der Waals surface area contributed by atoms with Crippen molar-refractivity contribution in [3.05, 3.63) is 23.2 Å². The van der Waals surface area contributed by atoms with E-state index in [4.69, 9.17) is 16.3 Å². The Labute approximate surface area is 202 Å². The third kappa shape index (κ3) is 4.87. The van der Waals surface area contributed by atoms with E-state index < -0.39 is 39.4 Å². The fraction of sp³-hybridized carbons (Fsp3) is 0.571. The van der Waals surface area contributed by atoms with Crippen LogP contribution in [0.1, 0.15) is 39.0 Å². The predicted octanol–water partition coefficient (Wildman–Crippen LogP) is 2.45. The number of nitrogens with zero attached hydrogens (tertiary/aromatic N) is 2. The molecular weight excluding hydrogens is 490 g/mol.